The maximum atomic E-state index is 11.8. The van der Waals surface area contributed by atoms with Crippen molar-refractivity contribution in [1.29, 1.82) is 0 Å². The molecule has 1 aliphatic heterocycles. The number of aliphatic hydroxyl groups excluding tert-OH is 1. The lowest BCUT2D eigenvalue weighted by atomic mass is 10.0. The molecule has 0 saturated carbocycles. The van der Waals surface area contributed by atoms with Crippen molar-refractivity contribution in [3.63, 3.8) is 0 Å². The van der Waals surface area contributed by atoms with Crippen molar-refractivity contribution < 1.29 is 24.2 Å². The van der Waals surface area contributed by atoms with E-state index in [4.69, 9.17) is 9.47 Å². The summed E-state index contributed by atoms with van der Waals surface area (Å²) in [5, 5.41) is 9.96. The molecule has 1 fully saturated rings. The van der Waals surface area contributed by atoms with Gasteiger partial charge in [-0.2, -0.15) is 0 Å². The summed E-state index contributed by atoms with van der Waals surface area (Å²) in [6.07, 6.45) is 10.7. The van der Waals surface area contributed by atoms with E-state index in [1.165, 1.54) is 52.4 Å². The number of hydrogen-bond acceptors (Lipinski definition) is 5. The van der Waals surface area contributed by atoms with Crippen LogP contribution >= 0.6 is 0 Å². The zero-order valence-electron chi connectivity index (χ0n) is 14.7. The second-order valence-corrected chi connectivity index (χ2v) is 6.58. The van der Waals surface area contributed by atoms with Crippen LogP contribution in [0, 0.1) is 0 Å². The number of aliphatic hydroxyl groups is 1. The molecule has 0 aliphatic carbocycles. The zero-order valence-corrected chi connectivity index (χ0v) is 14.7. The number of esters is 2. The third kappa shape index (κ3) is 7.06. The van der Waals surface area contributed by atoms with Crippen molar-refractivity contribution in [3.05, 3.63) is 11.3 Å². The van der Waals surface area contributed by atoms with Gasteiger partial charge >= 0.3 is 11.9 Å². The Hall–Kier alpha value is -1.52. The molecule has 5 heteroatoms. The Morgan fingerprint density at radius 2 is 1.30 bits per heavy atom. The first kappa shape index (κ1) is 19.5. The molecule has 1 heterocycles. The second-order valence-electron chi connectivity index (χ2n) is 6.58. The fourth-order valence-corrected chi connectivity index (χ4v) is 2.62. The highest BCUT2D eigenvalue weighted by molar-refractivity contribution is 6.15. The number of carbonyl (C=O) groups is 2. The van der Waals surface area contributed by atoms with E-state index in [0.717, 1.165) is 19.3 Å². The molecular formula is C18H30O5. The lowest BCUT2D eigenvalue weighted by Gasteiger charge is -2.30. The van der Waals surface area contributed by atoms with E-state index in [2.05, 4.69) is 6.92 Å². The smallest absolute Gasteiger partial charge is 0.352 e. The Balaban J connectivity index is 2.26. The number of hydrogen-bond donors (Lipinski definition) is 1. The van der Waals surface area contributed by atoms with Crippen LogP contribution in [-0.2, 0) is 19.1 Å². The normalized spacial score (nSPS) is 16.9. The lowest BCUT2D eigenvalue weighted by Crippen LogP contribution is -2.42. The molecule has 132 valence electrons. The SMILES string of the molecule is CCCCCCCCCCCC(O)=C1C(=O)OC(C)(C)OC1=O. The van der Waals surface area contributed by atoms with Crippen LogP contribution in [-0.4, -0.2) is 22.8 Å². The third-order valence-corrected chi connectivity index (χ3v) is 3.89. The number of cyclic esters (lactones) is 2. The number of unbranched alkanes of at least 4 members (excludes halogenated alkanes) is 8. The van der Waals surface area contributed by atoms with Crippen molar-refractivity contribution in [1.82, 2.24) is 0 Å². The number of rotatable bonds is 10. The van der Waals surface area contributed by atoms with Gasteiger partial charge in [0.1, 0.15) is 5.76 Å². The van der Waals surface area contributed by atoms with E-state index in [1.807, 2.05) is 0 Å². The van der Waals surface area contributed by atoms with Gasteiger partial charge in [-0.1, -0.05) is 58.3 Å². The minimum Gasteiger partial charge on any atom is -0.511 e. The minimum absolute atomic E-state index is 0.224. The maximum Gasteiger partial charge on any atom is 0.352 e. The summed E-state index contributed by atoms with van der Waals surface area (Å²) in [5.74, 6) is -3.10. The predicted molar refractivity (Wildman–Crippen MR) is 87.8 cm³/mol. The average Bonchev–Trinajstić information content (AvgIpc) is 2.43. The first-order valence-electron chi connectivity index (χ1n) is 8.76. The van der Waals surface area contributed by atoms with E-state index < -0.39 is 17.7 Å². The summed E-state index contributed by atoms with van der Waals surface area (Å²) >= 11 is 0. The fraction of sp³-hybridized carbons (Fsp3) is 0.778. The predicted octanol–water partition coefficient (Wildman–Crippen LogP) is 4.56. The summed E-state index contributed by atoms with van der Waals surface area (Å²) in [7, 11) is 0. The van der Waals surface area contributed by atoms with E-state index in [-0.39, 0.29) is 11.3 Å². The highest BCUT2D eigenvalue weighted by Crippen LogP contribution is 2.25. The van der Waals surface area contributed by atoms with Gasteiger partial charge in [-0.25, -0.2) is 9.59 Å². The van der Waals surface area contributed by atoms with Crippen molar-refractivity contribution >= 4 is 11.9 Å². The molecule has 1 rings (SSSR count). The first-order chi connectivity index (χ1) is 10.9. The molecule has 23 heavy (non-hydrogen) atoms. The Labute approximate surface area is 139 Å². The van der Waals surface area contributed by atoms with Gasteiger partial charge in [0.2, 0.25) is 0 Å². The van der Waals surface area contributed by atoms with Crippen molar-refractivity contribution in [2.24, 2.45) is 0 Å². The van der Waals surface area contributed by atoms with Gasteiger partial charge in [0.15, 0.2) is 5.57 Å². The molecule has 0 atom stereocenters. The molecule has 0 aromatic heterocycles. The van der Waals surface area contributed by atoms with E-state index in [1.54, 1.807) is 0 Å². The van der Waals surface area contributed by atoms with Crippen molar-refractivity contribution in [2.45, 2.75) is 90.8 Å². The van der Waals surface area contributed by atoms with Gasteiger partial charge in [0.25, 0.3) is 5.79 Å². The fourth-order valence-electron chi connectivity index (χ4n) is 2.62. The van der Waals surface area contributed by atoms with E-state index >= 15 is 0 Å². The summed E-state index contributed by atoms with van der Waals surface area (Å²) in [4.78, 5) is 23.6. The molecule has 0 aromatic carbocycles. The highest BCUT2D eigenvalue weighted by atomic mass is 16.7. The van der Waals surface area contributed by atoms with Crippen molar-refractivity contribution in [2.75, 3.05) is 0 Å². The van der Waals surface area contributed by atoms with Crippen LogP contribution < -0.4 is 0 Å². The maximum absolute atomic E-state index is 11.8. The van der Waals surface area contributed by atoms with E-state index in [9.17, 15) is 14.7 Å². The molecule has 0 unspecified atom stereocenters. The quantitative estimate of drug-likeness (QED) is 0.209. The molecule has 0 amide bonds. The summed E-state index contributed by atoms with van der Waals surface area (Å²) in [5.41, 5.74) is -0.358. The van der Waals surface area contributed by atoms with Gasteiger partial charge in [-0.15, -0.1) is 0 Å². The monoisotopic (exact) mass is 326 g/mol. The molecule has 0 aromatic rings. The third-order valence-electron chi connectivity index (χ3n) is 3.89. The van der Waals surface area contributed by atoms with Crippen LogP contribution in [0.3, 0.4) is 0 Å². The minimum atomic E-state index is -1.27. The van der Waals surface area contributed by atoms with Crippen molar-refractivity contribution in [3.8, 4) is 0 Å². The average molecular weight is 326 g/mol. The Morgan fingerprint density at radius 3 is 1.78 bits per heavy atom. The van der Waals surface area contributed by atoms with Crippen LogP contribution in [0.1, 0.15) is 85.0 Å². The van der Waals surface area contributed by atoms with Crippen LogP contribution in [0.2, 0.25) is 0 Å². The van der Waals surface area contributed by atoms with Gasteiger partial charge in [0.05, 0.1) is 0 Å². The van der Waals surface area contributed by atoms with E-state index in [0.29, 0.717) is 6.42 Å². The van der Waals surface area contributed by atoms with Crippen LogP contribution in [0.15, 0.2) is 11.3 Å². The zero-order chi connectivity index (χ0) is 17.3. The van der Waals surface area contributed by atoms with Crippen LogP contribution in [0.4, 0.5) is 0 Å². The summed E-state index contributed by atoms with van der Waals surface area (Å²) in [6, 6.07) is 0. The second kappa shape index (κ2) is 9.58. The molecule has 1 N–H and O–H groups in total. The molecule has 5 nitrogen and oxygen atoms in total. The van der Waals surface area contributed by atoms with Gasteiger partial charge < -0.3 is 14.6 Å². The van der Waals surface area contributed by atoms with Crippen LogP contribution in [0.25, 0.3) is 0 Å². The van der Waals surface area contributed by atoms with Gasteiger partial charge in [0, 0.05) is 20.3 Å². The molecule has 0 bridgehead atoms. The Kier molecular flexibility index (Phi) is 8.13. The largest absolute Gasteiger partial charge is 0.511 e. The standard InChI is InChI=1S/C18H30O5/c1-4-5-6-7-8-9-10-11-12-13-14(19)15-16(20)22-18(2,3)23-17(15)21/h19H,4-13H2,1-3H3. The molecular weight excluding hydrogens is 296 g/mol. The number of allylic oxidation sites excluding steroid dienone is 1. The number of ether oxygens (including phenoxy) is 2. The van der Waals surface area contributed by atoms with Gasteiger partial charge in [-0.3, -0.25) is 0 Å². The number of carbonyl (C=O) groups excluding carboxylic acids is 2. The molecule has 1 aliphatic rings. The Morgan fingerprint density at radius 1 is 0.870 bits per heavy atom. The topological polar surface area (TPSA) is 72.8 Å². The highest BCUT2D eigenvalue weighted by Gasteiger charge is 2.40. The molecule has 0 spiro atoms. The molecule has 0 radical (unpaired) electrons. The van der Waals surface area contributed by atoms with Crippen LogP contribution in [0.5, 0.6) is 0 Å². The Bertz CT molecular complexity index is 415. The van der Waals surface area contributed by atoms with Gasteiger partial charge in [-0.05, 0) is 6.42 Å². The summed E-state index contributed by atoms with van der Waals surface area (Å²) in [6.45, 7) is 5.17. The lowest BCUT2D eigenvalue weighted by molar-refractivity contribution is -0.222. The first-order valence-corrected chi connectivity index (χ1v) is 8.76. The summed E-state index contributed by atoms with van der Waals surface area (Å²) < 4.78 is 9.94. The molecule has 1 saturated heterocycles.